The zero-order valence-corrected chi connectivity index (χ0v) is 25.5. The van der Waals surface area contributed by atoms with Crippen LogP contribution >= 0.6 is 11.6 Å². The number of hydrogen-bond donors (Lipinski definition) is 1. The molecule has 0 aromatic heterocycles. The molecule has 0 saturated carbocycles. The minimum Gasteiger partial charge on any atom is -0.486 e. The second-order valence-electron chi connectivity index (χ2n) is 10.2. The van der Waals surface area contributed by atoms with Gasteiger partial charge in [-0.2, -0.15) is 0 Å². The Kier molecular flexibility index (Phi) is 10.3. The van der Waals surface area contributed by atoms with E-state index in [2.05, 4.69) is 5.32 Å². The van der Waals surface area contributed by atoms with Gasteiger partial charge >= 0.3 is 0 Å². The van der Waals surface area contributed by atoms with Crippen LogP contribution in [0, 0.1) is 0 Å². The van der Waals surface area contributed by atoms with E-state index >= 15 is 0 Å². The van der Waals surface area contributed by atoms with Crippen molar-refractivity contribution in [3.8, 4) is 11.5 Å². The molecule has 1 aliphatic heterocycles. The number of carbonyl (C=O) groups is 2. The van der Waals surface area contributed by atoms with Crippen molar-refractivity contribution in [2.45, 2.75) is 45.8 Å². The van der Waals surface area contributed by atoms with Crippen LogP contribution in [0.15, 0.2) is 72.8 Å². The minimum atomic E-state index is -3.91. The van der Waals surface area contributed by atoms with Crippen molar-refractivity contribution in [3.63, 3.8) is 0 Å². The lowest BCUT2D eigenvalue weighted by atomic mass is 10.0. The Morgan fingerprint density at radius 1 is 0.952 bits per heavy atom. The van der Waals surface area contributed by atoms with Gasteiger partial charge in [0.1, 0.15) is 25.8 Å². The summed E-state index contributed by atoms with van der Waals surface area (Å²) in [6.07, 6.45) is 0.222. The third-order valence-corrected chi connectivity index (χ3v) is 8.90. The summed E-state index contributed by atoms with van der Waals surface area (Å²) in [6.45, 7) is 5.39. The Bertz CT molecular complexity index is 1500. The summed E-state index contributed by atoms with van der Waals surface area (Å²) < 4.78 is 39.0. The SMILES string of the molecule is CCS(=O)(=O)N(CC(=O)N(Cc1ccccc1Cl)[C@@H](Cc1ccccc1)C(=O)NC(C)C)c1ccc2c(c1)OCCO2. The second-order valence-corrected chi connectivity index (χ2v) is 12.8. The second kappa shape index (κ2) is 13.9. The summed E-state index contributed by atoms with van der Waals surface area (Å²) in [6, 6.07) is 20.1. The number of nitrogens with zero attached hydrogens (tertiary/aromatic N) is 2. The van der Waals surface area contributed by atoms with Crippen molar-refractivity contribution in [1.82, 2.24) is 10.2 Å². The highest BCUT2D eigenvalue weighted by Gasteiger charge is 2.34. The molecule has 9 nitrogen and oxygen atoms in total. The van der Waals surface area contributed by atoms with E-state index in [1.807, 2.05) is 44.2 Å². The van der Waals surface area contributed by atoms with Crippen molar-refractivity contribution in [1.29, 1.82) is 0 Å². The largest absolute Gasteiger partial charge is 0.486 e. The molecule has 1 aliphatic rings. The van der Waals surface area contributed by atoms with Crippen molar-refractivity contribution in [3.05, 3.63) is 88.9 Å². The van der Waals surface area contributed by atoms with Crippen LogP contribution in [-0.2, 0) is 32.6 Å². The quantitative estimate of drug-likeness (QED) is 0.324. The summed E-state index contributed by atoms with van der Waals surface area (Å²) in [7, 11) is -3.91. The molecule has 11 heteroatoms. The Hall–Kier alpha value is -3.76. The number of sulfonamides is 1. The maximum Gasteiger partial charge on any atom is 0.244 e. The van der Waals surface area contributed by atoms with Gasteiger partial charge in [0.25, 0.3) is 0 Å². The van der Waals surface area contributed by atoms with E-state index in [-0.39, 0.29) is 36.4 Å². The van der Waals surface area contributed by atoms with Crippen molar-refractivity contribution in [2.24, 2.45) is 0 Å². The van der Waals surface area contributed by atoms with Gasteiger partial charge in [0.15, 0.2) is 11.5 Å². The number of carbonyl (C=O) groups excluding carboxylic acids is 2. The van der Waals surface area contributed by atoms with Gasteiger partial charge in [-0.05, 0) is 50.1 Å². The predicted octanol–water partition coefficient (Wildman–Crippen LogP) is 4.43. The number of fused-ring (bicyclic) bond motifs is 1. The minimum absolute atomic E-state index is 0.00265. The third kappa shape index (κ3) is 7.74. The van der Waals surface area contributed by atoms with Crippen LogP contribution in [0.5, 0.6) is 11.5 Å². The Morgan fingerprint density at radius 3 is 2.29 bits per heavy atom. The van der Waals surface area contributed by atoms with Gasteiger partial charge in [0.2, 0.25) is 21.8 Å². The molecule has 42 heavy (non-hydrogen) atoms. The molecule has 0 aliphatic carbocycles. The standard InChI is InChI=1S/C31H36ClN3O6S/c1-4-42(38,39)35(25-14-15-28-29(19-25)41-17-16-40-28)21-30(36)34(20-24-12-8-9-13-26(24)32)27(31(37)33-22(2)3)18-23-10-6-5-7-11-23/h5-15,19,22,27H,4,16-18,20-21H2,1-3H3,(H,33,37)/t27-/m0/s1. The maximum atomic E-state index is 14.3. The number of anilines is 1. The lowest BCUT2D eigenvalue weighted by Gasteiger charge is -2.34. The summed E-state index contributed by atoms with van der Waals surface area (Å²) in [5, 5.41) is 3.36. The van der Waals surface area contributed by atoms with Crippen LogP contribution in [0.1, 0.15) is 31.9 Å². The van der Waals surface area contributed by atoms with E-state index in [4.69, 9.17) is 21.1 Å². The molecular formula is C31H36ClN3O6S. The van der Waals surface area contributed by atoms with E-state index in [9.17, 15) is 18.0 Å². The fourth-order valence-electron chi connectivity index (χ4n) is 4.65. The number of halogens is 1. The molecule has 0 radical (unpaired) electrons. The lowest BCUT2D eigenvalue weighted by molar-refractivity contribution is -0.140. The number of benzene rings is 3. The summed E-state index contributed by atoms with van der Waals surface area (Å²) in [5.74, 6) is -0.242. The first-order chi connectivity index (χ1) is 20.1. The number of ether oxygens (including phenoxy) is 2. The van der Waals surface area contributed by atoms with Gasteiger partial charge < -0.3 is 19.7 Å². The van der Waals surface area contributed by atoms with Crippen molar-refractivity contribution < 1.29 is 27.5 Å². The lowest BCUT2D eigenvalue weighted by Crippen LogP contribution is -2.54. The van der Waals surface area contributed by atoms with Crippen LogP contribution in [-0.4, -0.2) is 62.7 Å². The molecule has 0 bridgehead atoms. The molecule has 2 amide bonds. The van der Waals surface area contributed by atoms with Crippen LogP contribution < -0.4 is 19.1 Å². The fraction of sp³-hybridized carbons (Fsp3) is 0.355. The number of amides is 2. The van der Waals surface area contributed by atoms with E-state index in [0.717, 1.165) is 9.87 Å². The van der Waals surface area contributed by atoms with Crippen LogP contribution in [0.3, 0.4) is 0 Å². The number of rotatable bonds is 12. The third-order valence-electron chi connectivity index (χ3n) is 6.79. The van der Waals surface area contributed by atoms with Crippen molar-refractivity contribution in [2.75, 3.05) is 29.8 Å². The zero-order chi connectivity index (χ0) is 30.3. The van der Waals surface area contributed by atoms with Gasteiger partial charge in [-0.3, -0.25) is 13.9 Å². The molecule has 224 valence electrons. The molecule has 3 aromatic rings. The van der Waals surface area contributed by atoms with Gasteiger partial charge in [0.05, 0.1) is 11.4 Å². The molecular weight excluding hydrogens is 578 g/mol. The zero-order valence-electron chi connectivity index (χ0n) is 24.0. The number of hydrogen-bond acceptors (Lipinski definition) is 6. The average molecular weight is 614 g/mol. The average Bonchev–Trinajstić information content (AvgIpc) is 2.98. The summed E-state index contributed by atoms with van der Waals surface area (Å²) >= 11 is 6.50. The van der Waals surface area contributed by atoms with Gasteiger partial charge in [-0.15, -0.1) is 0 Å². The molecule has 0 spiro atoms. The molecule has 1 heterocycles. The molecule has 0 fully saturated rings. The van der Waals surface area contributed by atoms with Gasteiger partial charge in [0, 0.05) is 30.1 Å². The molecule has 1 atom stereocenters. The Morgan fingerprint density at radius 2 is 1.62 bits per heavy atom. The van der Waals surface area contributed by atoms with Crippen molar-refractivity contribution >= 4 is 39.1 Å². The first-order valence-electron chi connectivity index (χ1n) is 13.9. The molecule has 1 N–H and O–H groups in total. The fourth-order valence-corrected chi connectivity index (χ4v) is 5.90. The van der Waals surface area contributed by atoms with E-state index in [1.165, 1.54) is 11.8 Å². The molecule has 3 aromatic carbocycles. The van der Waals surface area contributed by atoms with Crippen LogP contribution in [0.4, 0.5) is 5.69 Å². The summed E-state index contributed by atoms with van der Waals surface area (Å²) in [4.78, 5) is 29.3. The summed E-state index contributed by atoms with van der Waals surface area (Å²) in [5.41, 5.74) is 1.74. The maximum absolute atomic E-state index is 14.3. The highest BCUT2D eigenvalue weighted by atomic mass is 35.5. The first-order valence-corrected chi connectivity index (χ1v) is 15.8. The molecule has 4 rings (SSSR count). The van der Waals surface area contributed by atoms with Crippen LogP contribution in [0.2, 0.25) is 5.02 Å². The smallest absolute Gasteiger partial charge is 0.244 e. The molecule has 0 unspecified atom stereocenters. The monoisotopic (exact) mass is 613 g/mol. The first kappa shape index (κ1) is 31.2. The normalized spacial score (nSPS) is 13.4. The topological polar surface area (TPSA) is 105 Å². The highest BCUT2D eigenvalue weighted by molar-refractivity contribution is 7.92. The number of nitrogens with one attached hydrogen (secondary N) is 1. The van der Waals surface area contributed by atoms with Gasteiger partial charge in [-0.1, -0.05) is 60.1 Å². The van der Waals surface area contributed by atoms with E-state index in [1.54, 1.807) is 42.5 Å². The predicted molar refractivity (Wildman–Crippen MR) is 163 cm³/mol. The molecule has 0 saturated heterocycles. The highest BCUT2D eigenvalue weighted by Crippen LogP contribution is 2.35. The van der Waals surface area contributed by atoms with E-state index in [0.29, 0.717) is 35.3 Å². The Balaban J connectivity index is 1.76. The Labute approximate surface area is 252 Å². The van der Waals surface area contributed by atoms with Crippen LogP contribution in [0.25, 0.3) is 0 Å². The van der Waals surface area contributed by atoms with Gasteiger partial charge in [-0.25, -0.2) is 8.42 Å². The van der Waals surface area contributed by atoms with E-state index < -0.39 is 28.5 Å².